The van der Waals surface area contributed by atoms with Gasteiger partial charge in [-0.3, -0.25) is 9.36 Å². The van der Waals surface area contributed by atoms with E-state index in [9.17, 15) is 5.11 Å². The minimum absolute atomic E-state index is 0.535. The summed E-state index contributed by atoms with van der Waals surface area (Å²) in [5.74, 6) is 0. The van der Waals surface area contributed by atoms with Gasteiger partial charge in [0.2, 0.25) is 0 Å². The average Bonchev–Trinajstić information content (AvgIpc) is 2.85. The quantitative estimate of drug-likeness (QED) is 0.865. The number of aliphatic hydroxyl groups excluding tert-OH is 1. The number of nitrogens with zero attached hydrogens (tertiary/aromatic N) is 4. The van der Waals surface area contributed by atoms with Crippen LogP contribution in [0.5, 0.6) is 0 Å². The van der Waals surface area contributed by atoms with Crippen LogP contribution in [0.15, 0.2) is 18.3 Å². The predicted octanol–water partition coefficient (Wildman–Crippen LogP) is 1.22. The standard InChI is InChI=1S/C12H18N4O/c1-4-16-11(5-6-13-16)12(17)8-10-7-9(2)14-15(10)3/h5-7,12,17H,4,8H2,1-3H3. The van der Waals surface area contributed by atoms with Gasteiger partial charge < -0.3 is 5.11 Å². The summed E-state index contributed by atoms with van der Waals surface area (Å²) in [7, 11) is 1.90. The predicted molar refractivity (Wildman–Crippen MR) is 64.5 cm³/mol. The van der Waals surface area contributed by atoms with Crippen molar-refractivity contribution in [3.8, 4) is 0 Å². The highest BCUT2D eigenvalue weighted by Gasteiger charge is 2.15. The maximum Gasteiger partial charge on any atom is 0.101 e. The lowest BCUT2D eigenvalue weighted by molar-refractivity contribution is 0.164. The Morgan fingerprint density at radius 3 is 2.82 bits per heavy atom. The van der Waals surface area contributed by atoms with E-state index in [-0.39, 0.29) is 0 Å². The highest BCUT2D eigenvalue weighted by Crippen LogP contribution is 2.18. The molecule has 2 rings (SSSR count). The van der Waals surface area contributed by atoms with Crippen molar-refractivity contribution in [2.24, 2.45) is 7.05 Å². The van der Waals surface area contributed by atoms with Crippen molar-refractivity contribution in [1.29, 1.82) is 0 Å². The van der Waals surface area contributed by atoms with Gasteiger partial charge in [0.05, 0.1) is 11.4 Å². The Hall–Kier alpha value is -1.62. The van der Waals surface area contributed by atoms with Crippen LogP contribution in [0.25, 0.3) is 0 Å². The summed E-state index contributed by atoms with van der Waals surface area (Å²) in [5, 5.41) is 18.6. The van der Waals surface area contributed by atoms with Gasteiger partial charge in [-0.15, -0.1) is 0 Å². The van der Waals surface area contributed by atoms with E-state index in [2.05, 4.69) is 10.2 Å². The summed E-state index contributed by atoms with van der Waals surface area (Å²) < 4.78 is 3.62. The highest BCUT2D eigenvalue weighted by atomic mass is 16.3. The molecule has 0 aliphatic carbocycles. The zero-order valence-corrected chi connectivity index (χ0v) is 10.5. The van der Waals surface area contributed by atoms with E-state index in [4.69, 9.17) is 0 Å². The second kappa shape index (κ2) is 4.71. The summed E-state index contributed by atoms with van der Waals surface area (Å²) in [5.41, 5.74) is 2.85. The van der Waals surface area contributed by atoms with Gasteiger partial charge in [-0.05, 0) is 26.0 Å². The molecule has 5 nitrogen and oxygen atoms in total. The van der Waals surface area contributed by atoms with Gasteiger partial charge in [0.1, 0.15) is 6.10 Å². The first kappa shape index (κ1) is 11.9. The minimum Gasteiger partial charge on any atom is -0.386 e. The molecule has 2 heterocycles. The Labute approximate surface area is 101 Å². The van der Waals surface area contributed by atoms with E-state index in [1.54, 1.807) is 6.20 Å². The second-order valence-electron chi connectivity index (χ2n) is 4.19. The molecule has 2 aromatic heterocycles. The van der Waals surface area contributed by atoms with Crippen molar-refractivity contribution in [3.63, 3.8) is 0 Å². The molecule has 0 saturated heterocycles. The third kappa shape index (κ3) is 2.39. The fourth-order valence-corrected chi connectivity index (χ4v) is 2.05. The van der Waals surface area contributed by atoms with Crippen LogP contribution >= 0.6 is 0 Å². The number of hydrogen-bond acceptors (Lipinski definition) is 3. The molecule has 0 spiro atoms. The molecule has 2 aromatic rings. The normalized spacial score (nSPS) is 12.9. The van der Waals surface area contributed by atoms with Gasteiger partial charge in [0.25, 0.3) is 0 Å². The monoisotopic (exact) mass is 234 g/mol. The van der Waals surface area contributed by atoms with Crippen LogP contribution < -0.4 is 0 Å². The minimum atomic E-state index is -0.535. The second-order valence-corrected chi connectivity index (χ2v) is 4.19. The van der Waals surface area contributed by atoms with Crippen molar-refractivity contribution in [1.82, 2.24) is 19.6 Å². The summed E-state index contributed by atoms with van der Waals surface area (Å²) >= 11 is 0. The maximum absolute atomic E-state index is 10.2. The Balaban J connectivity index is 2.16. The molecule has 0 aliphatic heterocycles. The number of aromatic nitrogens is 4. The topological polar surface area (TPSA) is 55.9 Å². The first-order chi connectivity index (χ1) is 8.11. The van der Waals surface area contributed by atoms with Crippen LogP contribution in [0.4, 0.5) is 0 Å². The molecule has 1 N–H and O–H groups in total. The van der Waals surface area contributed by atoms with Gasteiger partial charge >= 0.3 is 0 Å². The number of rotatable bonds is 4. The van der Waals surface area contributed by atoms with Crippen LogP contribution in [0.2, 0.25) is 0 Å². The number of aryl methyl sites for hydroxylation is 3. The molecule has 0 aliphatic rings. The van der Waals surface area contributed by atoms with Crippen molar-refractivity contribution in [3.05, 3.63) is 35.4 Å². The summed E-state index contributed by atoms with van der Waals surface area (Å²) in [6.45, 7) is 4.73. The van der Waals surface area contributed by atoms with Crippen LogP contribution in [0.3, 0.4) is 0 Å². The van der Waals surface area contributed by atoms with E-state index < -0.39 is 6.10 Å². The van der Waals surface area contributed by atoms with Crippen molar-refractivity contribution in [2.75, 3.05) is 0 Å². The zero-order valence-electron chi connectivity index (χ0n) is 10.5. The first-order valence-corrected chi connectivity index (χ1v) is 5.81. The van der Waals surface area contributed by atoms with Crippen LogP contribution in [0.1, 0.15) is 30.1 Å². The third-order valence-electron chi connectivity index (χ3n) is 2.89. The average molecular weight is 234 g/mol. The van der Waals surface area contributed by atoms with Gasteiger partial charge in [-0.2, -0.15) is 10.2 Å². The number of aliphatic hydroxyl groups is 1. The lowest BCUT2D eigenvalue weighted by atomic mass is 10.1. The van der Waals surface area contributed by atoms with Gasteiger partial charge in [-0.25, -0.2) is 0 Å². The van der Waals surface area contributed by atoms with Crippen molar-refractivity contribution < 1.29 is 5.11 Å². The van der Waals surface area contributed by atoms with E-state index in [1.807, 2.05) is 42.4 Å². The Kier molecular flexibility index (Phi) is 3.28. The van der Waals surface area contributed by atoms with E-state index in [0.717, 1.165) is 23.6 Å². The molecule has 0 amide bonds. The zero-order chi connectivity index (χ0) is 12.4. The molecule has 0 radical (unpaired) electrons. The smallest absolute Gasteiger partial charge is 0.101 e. The Morgan fingerprint density at radius 2 is 2.24 bits per heavy atom. The molecule has 0 bridgehead atoms. The van der Waals surface area contributed by atoms with Gasteiger partial charge in [0, 0.05) is 31.9 Å². The molecule has 92 valence electrons. The maximum atomic E-state index is 10.2. The molecule has 0 aromatic carbocycles. The molecule has 5 heteroatoms. The van der Waals surface area contributed by atoms with Gasteiger partial charge in [-0.1, -0.05) is 0 Å². The van der Waals surface area contributed by atoms with Gasteiger partial charge in [0.15, 0.2) is 0 Å². The van der Waals surface area contributed by atoms with Crippen LogP contribution in [-0.2, 0) is 20.0 Å². The third-order valence-corrected chi connectivity index (χ3v) is 2.89. The molecular formula is C12H18N4O. The molecule has 0 fully saturated rings. The SMILES string of the molecule is CCn1nccc1C(O)Cc1cc(C)nn1C. The number of hydrogen-bond donors (Lipinski definition) is 1. The van der Waals surface area contributed by atoms with Crippen LogP contribution in [0, 0.1) is 6.92 Å². The molecule has 0 saturated carbocycles. The van der Waals surface area contributed by atoms with E-state index in [0.29, 0.717) is 6.42 Å². The van der Waals surface area contributed by atoms with Crippen LogP contribution in [-0.4, -0.2) is 24.7 Å². The molecule has 1 unspecified atom stereocenters. The van der Waals surface area contributed by atoms with E-state index >= 15 is 0 Å². The first-order valence-electron chi connectivity index (χ1n) is 5.81. The van der Waals surface area contributed by atoms with E-state index in [1.165, 1.54) is 0 Å². The van der Waals surface area contributed by atoms with Crippen molar-refractivity contribution in [2.45, 2.75) is 32.9 Å². The Morgan fingerprint density at radius 1 is 1.47 bits per heavy atom. The fraction of sp³-hybridized carbons (Fsp3) is 0.500. The largest absolute Gasteiger partial charge is 0.386 e. The lowest BCUT2D eigenvalue weighted by Crippen LogP contribution is -2.12. The fourth-order valence-electron chi connectivity index (χ4n) is 2.05. The lowest BCUT2D eigenvalue weighted by Gasteiger charge is -2.12. The summed E-state index contributed by atoms with van der Waals surface area (Å²) in [6.07, 6.45) is 1.74. The summed E-state index contributed by atoms with van der Waals surface area (Å²) in [4.78, 5) is 0. The summed E-state index contributed by atoms with van der Waals surface area (Å²) in [6, 6.07) is 3.85. The van der Waals surface area contributed by atoms with Crippen molar-refractivity contribution >= 4 is 0 Å². The Bertz CT molecular complexity index is 500. The highest BCUT2D eigenvalue weighted by molar-refractivity contribution is 5.13. The molecule has 1 atom stereocenters. The molecule has 17 heavy (non-hydrogen) atoms. The molecular weight excluding hydrogens is 216 g/mol.